The molecule has 2 aromatic carbocycles. The molecule has 0 saturated heterocycles. The third-order valence-electron chi connectivity index (χ3n) is 7.75. The molecule has 1 aliphatic carbocycles. The lowest BCUT2D eigenvalue weighted by atomic mass is 9.93. The fourth-order valence-electron chi connectivity index (χ4n) is 5.30. The fourth-order valence-corrected chi connectivity index (χ4v) is 5.62. The maximum Gasteiger partial charge on any atom is 0.160 e. The Bertz CT molecular complexity index is 1710. The maximum atomic E-state index is 7.03. The summed E-state index contributed by atoms with van der Waals surface area (Å²) >= 11 is 7.03. The number of fused-ring (bicyclic) bond motifs is 2. The molecule has 6 rings (SSSR count). The van der Waals surface area contributed by atoms with Gasteiger partial charge in [-0.3, -0.25) is 4.98 Å². The average Bonchev–Trinajstić information content (AvgIpc) is 3.65. The Morgan fingerprint density at radius 1 is 1.00 bits per heavy atom. The van der Waals surface area contributed by atoms with Gasteiger partial charge in [0.05, 0.1) is 22.6 Å². The first-order chi connectivity index (χ1) is 19.6. The molecule has 0 bridgehead atoms. The Kier molecular flexibility index (Phi) is 7.48. The predicted molar refractivity (Wildman–Crippen MR) is 164 cm³/mol. The van der Waals surface area contributed by atoms with Crippen molar-refractivity contribution >= 4 is 17.2 Å². The number of nitrogens with one attached hydrogen (secondary N) is 2. The standard InChI is InChI=1S/C33H33ClN6/c1-4-5-8-24(35-3)20-36-18-23-19-37-40-16-15-30(39-33(23)40)26-10-6-9-25(21(26)2)27-11-7-12-28(32(27)34)29-14-13-22-17-31(22)38-29/h4,6-7,9-16,19,24,35-36H,1,5,8,17-18,20H2,2-3H3. The van der Waals surface area contributed by atoms with Crippen molar-refractivity contribution < 1.29 is 0 Å². The van der Waals surface area contributed by atoms with E-state index in [4.69, 9.17) is 21.6 Å². The van der Waals surface area contributed by atoms with Gasteiger partial charge in [-0.05, 0) is 55.6 Å². The highest BCUT2D eigenvalue weighted by molar-refractivity contribution is 6.36. The van der Waals surface area contributed by atoms with Crippen LogP contribution in [0.3, 0.4) is 0 Å². The molecule has 0 amide bonds. The molecule has 5 aromatic rings. The molecule has 0 fully saturated rings. The summed E-state index contributed by atoms with van der Waals surface area (Å²) in [6, 6.07) is 19.1. The Balaban J connectivity index is 1.29. The van der Waals surface area contributed by atoms with Gasteiger partial charge in [0.15, 0.2) is 5.65 Å². The minimum absolute atomic E-state index is 0.392. The molecule has 0 spiro atoms. The van der Waals surface area contributed by atoms with Crippen LogP contribution in [0.25, 0.3) is 39.3 Å². The first-order valence-corrected chi connectivity index (χ1v) is 14.2. The predicted octanol–water partition coefficient (Wildman–Crippen LogP) is 6.64. The van der Waals surface area contributed by atoms with Crippen molar-refractivity contribution in [2.24, 2.45) is 0 Å². The number of hydrogen-bond acceptors (Lipinski definition) is 5. The average molecular weight is 549 g/mol. The van der Waals surface area contributed by atoms with Crippen molar-refractivity contribution in [2.45, 2.75) is 38.8 Å². The minimum atomic E-state index is 0.392. The number of hydrogen-bond donors (Lipinski definition) is 2. The second-order valence-corrected chi connectivity index (χ2v) is 10.7. The second kappa shape index (κ2) is 11.3. The lowest BCUT2D eigenvalue weighted by Gasteiger charge is -2.16. The van der Waals surface area contributed by atoms with E-state index in [0.717, 1.165) is 81.2 Å². The van der Waals surface area contributed by atoms with Crippen LogP contribution in [0.4, 0.5) is 0 Å². The monoisotopic (exact) mass is 548 g/mol. The topological polar surface area (TPSA) is 67.1 Å². The molecule has 7 heteroatoms. The van der Waals surface area contributed by atoms with Crippen LogP contribution in [-0.4, -0.2) is 39.2 Å². The number of pyridine rings is 1. The van der Waals surface area contributed by atoms with E-state index in [1.165, 1.54) is 11.3 Å². The summed E-state index contributed by atoms with van der Waals surface area (Å²) in [6.07, 6.45) is 8.87. The second-order valence-electron chi connectivity index (χ2n) is 10.4. The number of nitrogens with zero attached hydrogens (tertiary/aromatic N) is 4. The Hall–Kier alpha value is -3.84. The van der Waals surface area contributed by atoms with Crippen LogP contribution < -0.4 is 10.6 Å². The highest BCUT2D eigenvalue weighted by Gasteiger charge is 2.21. The lowest BCUT2D eigenvalue weighted by molar-refractivity contribution is 0.483. The Labute approximate surface area is 240 Å². The van der Waals surface area contributed by atoms with Crippen molar-refractivity contribution in [3.8, 4) is 33.6 Å². The van der Waals surface area contributed by atoms with Gasteiger partial charge in [0.2, 0.25) is 0 Å². The number of rotatable bonds is 11. The molecular formula is C33H33ClN6. The SMILES string of the molecule is C=CCCC(CNCc1cnn2ccc(-c3cccc(-c4cccc(-c5ccc6c(n5)C6)c4Cl)c3C)nc12)NC. The molecule has 3 heterocycles. The van der Waals surface area contributed by atoms with Crippen molar-refractivity contribution in [2.75, 3.05) is 13.6 Å². The van der Waals surface area contributed by atoms with Gasteiger partial charge in [0.1, 0.15) is 0 Å². The summed E-state index contributed by atoms with van der Waals surface area (Å²) in [4.78, 5) is 9.84. The van der Waals surface area contributed by atoms with Crippen LogP contribution in [0.5, 0.6) is 0 Å². The third kappa shape index (κ3) is 5.18. The number of likely N-dealkylation sites (N-methyl/N-ethyl adjacent to an activating group) is 1. The van der Waals surface area contributed by atoms with Crippen LogP contribution in [0.1, 0.15) is 35.2 Å². The zero-order valence-corrected chi connectivity index (χ0v) is 23.7. The summed E-state index contributed by atoms with van der Waals surface area (Å²) in [7, 11) is 2.00. The molecule has 2 N–H and O–H groups in total. The van der Waals surface area contributed by atoms with Gasteiger partial charge in [-0.1, -0.05) is 60.1 Å². The van der Waals surface area contributed by atoms with E-state index in [1.54, 1.807) is 0 Å². The van der Waals surface area contributed by atoms with E-state index in [0.29, 0.717) is 12.6 Å². The summed E-state index contributed by atoms with van der Waals surface area (Å²) in [5.74, 6) is 0. The largest absolute Gasteiger partial charge is 0.316 e. The van der Waals surface area contributed by atoms with Gasteiger partial charge in [0.25, 0.3) is 0 Å². The van der Waals surface area contributed by atoms with E-state index < -0.39 is 0 Å². The van der Waals surface area contributed by atoms with Gasteiger partial charge in [0, 0.05) is 59.7 Å². The summed E-state index contributed by atoms with van der Waals surface area (Å²) in [5.41, 5.74) is 11.5. The zero-order chi connectivity index (χ0) is 27.6. The van der Waals surface area contributed by atoms with Crippen molar-refractivity contribution in [1.29, 1.82) is 0 Å². The molecule has 0 radical (unpaired) electrons. The molecule has 0 saturated carbocycles. The smallest absolute Gasteiger partial charge is 0.160 e. The van der Waals surface area contributed by atoms with Gasteiger partial charge in [-0.25, -0.2) is 9.50 Å². The van der Waals surface area contributed by atoms with Crippen molar-refractivity contribution in [3.63, 3.8) is 0 Å². The van der Waals surface area contributed by atoms with Gasteiger partial charge < -0.3 is 10.6 Å². The molecule has 1 unspecified atom stereocenters. The fraction of sp³-hybridized carbons (Fsp3) is 0.242. The first-order valence-electron chi connectivity index (χ1n) is 13.8. The van der Waals surface area contributed by atoms with Gasteiger partial charge in [-0.15, -0.1) is 6.58 Å². The molecule has 40 heavy (non-hydrogen) atoms. The molecular weight excluding hydrogens is 516 g/mol. The van der Waals surface area contributed by atoms with Crippen molar-refractivity contribution in [3.05, 3.63) is 107 Å². The van der Waals surface area contributed by atoms with E-state index >= 15 is 0 Å². The number of aromatic nitrogens is 4. The van der Waals surface area contributed by atoms with Crippen LogP contribution in [0.15, 0.2) is 79.6 Å². The molecule has 3 aromatic heterocycles. The zero-order valence-electron chi connectivity index (χ0n) is 22.9. The van der Waals surface area contributed by atoms with E-state index in [1.807, 2.05) is 42.2 Å². The maximum absolute atomic E-state index is 7.03. The van der Waals surface area contributed by atoms with Crippen LogP contribution in [-0.2, 0) is 13.0 Å². The van der Waals surface area contributed by atoms with Crippen LogP contribution >= 0.6 is 11.6 Å². The van der Waals surface area contributed by atoms with E-state index in [-0.39, 0.29) is 0 Å². The highest BCUT2D eigenvalue weighted by Crippen LogP contribution is 2.40. The lowest BCUT2D eigenvalue weighted by Crippen LogP contribution is -2.36. The van der Waals surface area contributed by atoms with E-state index in [2.05, 4.69) is 71.7 Å². The third-order valence-corrected chi connectivity index (χ3v) is 8.16. The summed E-state index contributed by atoms with van der Waals surface area (Å²) in [5, 5.41) is 12.2. The van der Waals surface area contributed by atoms with E-state index in [9.17, 15) is 0 Å². The summed E-state index contributed by atoms with van der Waals surface area (Å²) < 4.78 is 1.84. The first kappa shape index (κ1) is 26.4. The normalized spacial score (nSPS) is 12.9. The highest BCUT2D eigenvalue weighted by atomic mass is 35.5. The number of halogens is 1. The number of benzene rings is 2. The quantitative estimate of drug-likeness (QED) is 0.178. The molecule has 0 aliphatic heterocycles. The molecule has 1 atom stereocenters. The Morgan fingerprint density at radius 2 is 1.77 bits per heavy atom. The van der Waals surface area contributed by atoms with Gasteiger partial charge >= 0.3 is 0 Å². The van der Waals surface area contributed by atoms with Crippen LogP contribution in [0.2, 0.25) is 5.02 Å². The Morgan fingerprint density at radius 3 is 2.58 bits per heavy atom. The molecule has 202 valence electrons. The van der Waals surface area contributed by atoms with Crippen molar-refractivity contribution in [1.82, 2.24) is 30.2 Å². The number of allylic oxidation sites excluding steroid dienone is 1. The minimum Gasteiger partial charge on any atom is -0.316 e. The summed E-state index contributed by atoms with van der Waals surface area (Å²) in [6.45, 7) is 7.53. The molecule has 6 nitrogen and oxygen atoms in total. The van der Waals surface area contributed by atoms with Crippen LogP contribution in [0, 0.1) is 6.92 Å². The molecule has 1 aliphatic rings. The van der Waals surface area contributed by atoms with Gasteiger partial charge in [-0.2, -0.15) is 5.10 Å².